The molecule has 122 valence electrons. The van der Waals surface area contributed by atoms with Crippen molar-refractivity contribution in [3.05, 3.63) is 71.4 Å². The molecule has 0 fully saturated rings. The number of hydrogen-bond donors (Lipinski definition) is 2. The molecular weight excluding hydrogens is 304 g/mol. The Morgan fingerprint density at radius 2 is 2.04 bits per heavy atom. The maximum Gasteiger partial charge on any atom is 0.270 e. The Bertz CT molecular complexity index is 844. The van der Waals surface area contributed by atoms with Crippen LogP contribution in [0.4, 0.5) is 11.6 Å². The number of benzene rings is 1. The Balaban J connectivity index is 1.71. The van der Waals surface area contributed by atoms with E-state index in [4.69, 9.17) is 4.42 Å². The van der Waals surface area contributed by atoms with Crippen LogP contribution in [0, 0.1) is 13.8 Å². The van der Waals surface area contributed by atoms with Gasteiger partial charge in [-0.05, 0) is 49.2 Å². The van der Waals surface area contributed by atoms with Gasteiger partial charge in [0.15, 0.2) is 0 Å². The molecule has 0 spiro atoms. The van der Waals surface area contributed by atoms with Crippen LogP contribution in [0.3, 0.4) is 0 Å². The van der Waals surface area contributed by atoms with E-state index in [9.17, 15) is 4.79 Å². The number of carbonyl (C=O) groups excluding carboxylic acids is 1. The third-order valence-electron chi connectivity index (χ3n) is 3.74. The largest absolute Gasteiger partial charge is 0.467 e. The molecule has 0 atom stereocenters. The highest BCUT2D eigenvalue weighted by molar-refractivity contribution is 5.92. The fourth-order valence-corrected chi connectivity index (χ4v) is 2.22. The van der Waals surface area contributed by atoms with Gasteiger partial charge in [-0.3, -0.25) is 4.79 Å². The smallest absolute Gasteiger partial charge is 0.270 e. The third kappa shape index (κ3) is 3.60. The van der Waals surface area contributed by atoms with E-state index in [1.54, 1.807) is 30.7 Å². The van der Waals surface area contributed by atoms with E-state index < -0.39 is 0 Å². The van der Waals surface area contributed by atoms with Gasteiger partial charge >= 0.3 is 0 Å². The lowest BCUT2D eigenvalue weighted by Gasteiger charge is -2.10. The van der Waals surface area contributed by atoms with Gasteiger partial charge in [0, 0.05) is 11.9 Å². The number of carbonyl (C=O) groups is 1. The van der Waals surface area contributed by atoms with Gasteiger partial charge in [-0.1, -0.05) is 12.1 Å². The van der Waals surface area contributed by atoms with Crippen LogP contribution in [0.2, 0.25) is 0 Å². The summed E-state index contributed by atoms with van der Waals surface area (Å²) in [6, 6.07) is 11.1. The van der Waals surface area contributed by atoms with E-state index >= 15 is 0 Å². The molecule has 1 amide bonds. The number of furan rings is 1. The van der Waals surface area contributed by atoms with Gasteiger partial charge < -0.3 is 15.1 Å². The first-order chi connectivity index (χ1) is 11.6. The van der Waals surface area contributed by atoms with Crippen molar-refractivity contribution >= 4 is 17.5 Å². The summed E-state index contributed by atoms with van der Waals surface area (Å²) in [6.07, 6.45) is 3.13. The molecule has 0 aliphatic rings. The molecule has 0 unspecified atom stereocenters. The standard InChI is InChI=1S/C18H18N4O2/c1-12-5-3-7-15(13(12)2)21-18-19-9-8-16(22-18)17(23)20-11-14-6-4-10-24-14/h3-10H,11H2,1-2H3,(H,20,23)(H,19,21,22). The van der Waals surface area contributed by atoms with Crippen molar-refractivity contribution in [2.45, 2.75) is 20.4 Å². The summed E-state index contributed by atoms with van der Waals surface area (Å²) in [5.41, 5.74) is 3.51. The molecule has 2 N–H and O–H groups in total. The Hall–Kier alpha value is -3.15. The van der Waals surface area contributed by atoms with Gasteiger partial charge in [0.2, 0.25) is 5.95 Å². The van der Waals surface area contributed by atoms with E-state index in [1.807, 2.05) is 32.0 Å². The van der Waals surface area contributed by atoms with Gasteiger partial charge in [0.05, 0.1) is 12.8 Å². The Morgan fingerprint density at radius 3 is 2.83 bits per heavy atom. The quantitative estimate of drug-likeness (QED) is 0.753. The molecule has 6 nitrogen and oxygen atoms in total. The molecule has 2 heterocycles. The number of anilines is 2. The van der Waals surface area contributed by atoms with Gasteiger partial charge in [-0.2, -0.15) is 0 Å². The average Bonchev–Trinajstić information content (AvgIpc) is 3.11. The SMILES string of the molecule is Cc1cccc(Nc2nccc(C(=O)NCc3ccco3)n2)c1C. The van der Waals surface area contributed by atoms with Crippen LogP contribution in [0.25, 0.3) is 0 Å². The number of nitrogens with zero attached hydrogens (tertiary/aromatic N) is 2. The summed E-state index contributed by atoms with van der Waals surface area (Å²) in [7, 11) is 0. The molecule has 0 bridgehead atoms. The third-order valence-corrected chi connectivity index (χ3v) is 3.74. The summed E-state index contributed by atoms with van der Waals surface area (Å²) in [5, 5.41) is 5.92. The van der Waals surface area contributed by atoms with Crippen molar-refractivity contribution in [2.24, 2.45) is 0 Å². The van der Waals surface area contributed by atoms with Gasteiger partial charge in [0.25, 0.3) is 5.91 Å². The number of amides is 1. The second-order valence-electron chi connectivity index (χ2n) is 5.40. The maximum absolute atomic E-state index is 12.2. The van der Waals surface area contributed by atoms with E-state index in [-0.39, 0.29) is 5.91 Å². The fraction of sp³-hybridized carbons (Fsp3) is 0.167. The summed E-state index contributed by atoms with van der Waals surface area (Å²) in [5.74, 6) is 0.790. The predicted octanol–water partition coefficient (Wildman–Crippen LogP) is 3.36. The minimum Gasteiger partial charge on any atom is -0.467 e. The van der Waals surface area contributed by atoms with E-state index in [0.717, 1.165) is 11.3 Å². The van der Waals surface area contributed by atoms with Crippen LogP contribution in [-0.2, 0) is 6.54 Å². The van der Waals surface area contributed by atoms with Crippen molar-refractivity contribution < 1.29 is 9.21 Å². The highest BCUT2D eigenvalue weighted by atomic mass is 16.3. The maximum atomic E-state index is 12.2. The van der Waals surface area contributed by atoms with Crippen LogP contribution in [-0.4, -0.2) is 15.9 Å². The second kappa shape index (κ2) is 6.95. The normalized spacial score (nSPS) is 10.4. The van der Waals surface area contributed by atoms with Crippen molar-refractivity contribution in [2.75, 3.05) is 5.32 Å². The minimum absolute atomic E-state index is 0.280. The minimum atomic E-state index is -0.280. The zero-order valence-electron chi connectivity index (χ0n) is 13.5. The highest BCUT2D eigenvalue weighted by Crippen LogP contribution is 2.20. The first kappa shape index (κ1) is 15.7. The van der Waals surface area contributed by atoms with Crippen LogP contribution >= 0.6 is 0 Å². The number of aryl methyl sites for hydroxylation is 1. The molecule has 1 aromatic carbocycles. The number of hydrogen-bond acceptors (Lipinski definition) is 5. The topological polar surface area (TPSA) is 80.0 Å². The van der Waals surface area contributed by atoms with Crippen LogP contribution in [0.5, 0.6) is 0 Å². The summed E-state index contributed by atoms with van der Waals surface area (Å²) in [4.78, 5) is 20.6. The Kier molecular flexibility index (Phi) is 4.56. The lowest BCUT2D eigenvalue weighted by molar-refractivity contribution is 0.0943. The number of aromatic nitrogens is 2. The molecule has 3 rings (SSSR count). The van der Waals surface area contributed by atoms with Crippen molar-refractivity contribution in [1.29, 1.82) is 0 Å². The molecular formula is C18H18N4O2. The fourth-order valence-electron chi connectivity index (χ4n) is 2.22. The molecule has 3 aromatic rings. The van der Waals surface area contributed by atoms with Crippen molar-refractivity contribution in [3.8, 4) is 0 Å². The highest BCUT2D eigenvalue weighted by Gasteiger charge is 2.10. The first-order valence-corrected chi connectivity index (χ1v) is 7.60. The Morgan fingerprint density at radius 1 is 1.17 bits per heavy atom. The zero-order valence-corrected chi connectivity index (χ0v) is 13.5. The second-order valence-corrected chi connectivity index (χ2v) is 5.40. The predicted molar refractivity (Wildman–Crippen MR) is 91.1 cm³/mol. The lowest BCUT2D eigenvalue weighted by Crippen LogP contribution is -2.24. The lowest BCUT2D eigenvalue weighted by atomic mass is 10.1. The van der Waals surface area contributed by atoms with Crippen molar-refractivity contribution in [1.82, 2.24) is 15.3 Å². The van der Waals surface area contributed by atoms with Crippen molar-refractivity contribution in [3.63, 3.8) is 0 Å². The van der Waals surface area contributed by atoms with E-state index in [1.165, 1.54) is 5.56 Å². The monoisotopic (exact) mass is 322 g/mol. The van der Waals surface area contributed by atoms with E-state index in [2.05, 4.69) is 20.6 Å². The van der Waals surface area contributed by atoms with Crippen LogP contribution in [0.1, 0.15) is 27.4 Å². The molecule has 0 saturated carbocycles. The summed E-state index contributed by atoms with van der Waals surface area (Å²) in [6.45, 7) is 4.38. The first-order valence-electron chi connectivity index (χ1n) is 7.60. The molecule has 0 saturated heterocycles. The molecule has 0 aliphatic heterocycles. The zero-order chi connectivity index (χ0) is 16.9. The molecule has 24 heavy (non-hydrogen) atoms. The number of nitrogens with one attached hydrogen (secondary N) is 2. The molecule has 0 radical (unpaired) electrons. The summed E-state index contributed by atoms with van der Waals surface area (Å²) < 4.78 is 5.19. The summed E-state index contributed by atoms with van der Waals surface area (Å²) >= 11 is 0. The average molecular weight is 322 g/mol. The van der Waals surface area contributed by atoms with Gasteiger partial charge in [-0.15, -0.1) is 0 Å². The van der Waals surface area contributed by atoms with E-state index in [0.29, 0.717) is 23.9 Å². The molecule has 0 aliphatic carbocycles. The van der Waals surface area contributed by atoms with Gasteiger partial charge in [0.1, 0.15) is 11.5 Å². The molecule has 2 aromatic heterocycles. The van der Waals surface area contributed by atoms with Crippen LogP contribution in [0.15, 0.2) is 53.3 Å². The van der Waals surface area contributed by atoms with Gasteiger partial charge in [-0.25, -0.2) is 9.97 Å². The Labute approximate surface area is 140 Å². The van der Waals surface area contributed by atoms with Crippen LogP contribution < -0.4 is 10.6 Å². The number of rotatable bonds is 5. The molecule has 6 heteroatoms.